The van der Waals surface area contributed by atoms with Gasteiger partial charge in [-0.3, -0.25) is 4.79 Å². The van der Waals surface area contributed by atoms with Gasteiger partial charge in [-0.2, -0.15) is 0 Å². The Bertz CT molecular complexity index is 1160. The van der Waals surface area contributed by atoms with Crippen LogP contribution in [0.2, 0.25) is 0 Å². The number of anilines is 1. The molecule has 0 radical (unpaired) electrons. The van der Waals surface area contributed by atoms with Crippen LogP contribution in [0.4, 0.5) is 10.1 Å². The zero-order valence-corrected chi connectivity index (χ0v) is 15.5. The van der Waals surface area contributed by atoms with E-state index in [4.69, 9.17) is 4.74 Å². The minimum Gasteiger partial charge on any atom is -0.482 e. The molecule has 2 heterocycles. The summed E-state index contributed by atoms with van der Waals surface area (Å²) in [6, 6.07) is 20.5. The lowest BCUT2D eigenvalue weighted by molar-refractivity contribution is -0.110. The van der Waals surface area contributed by atoms with E-state index in [2.05, 4.69) is 23.5 Å². The quantitative estimate of drug-likeness (QED) is 0.567. The zero-order chi connectivity index (χ0) is 19.5. The van der Waals surface area contributed by atoms with Crippen LogP contribution in [-0.4, -0.2) is 5.91 Å². The molecule has 0 unspecified atom stereocenters. The topological polar surface area (TPSA) is 38.3 Å². The summed E-state index contributed by atoms with van der Waals surface area (Å²) in [7, 11) is 0. The van der Waals surface area contributed by atoms with Crippen molar-refractivity contribution in [1.29, 1.82) is 0 Å². The summed E-state index contributed by atoms with van der Waals surface area (Å²) >= 11 is 0. The second kappa shape index (κ2) is 5.80. The smallest absolute Gasteiger partial charge is 0.260 e. The average Bonchev–Trinajstić information content (AvgIpc) is 3.14. The van der Waals surface area contributed by atoms with E-state index >= 15 is 0 Å². The molecule has 0 spiro atoms. The summed E-state index contributed by atoms with van der Waals surface area (Å²) < 4.78 is 20.1. The first kappa shape index (κ1) is 16.8. The van der Waals surface area contributed by atoms with Crippen molar-refractivity contribution in [2.75, 3.05) is 5.32 Å². The van der Waals surface area contributed by atoms with E-state index in [1.54, 1.807) is 6.07 Å². The number of carbonyl (C=O) groups excluding carboxylic acids is 1. The SMILES string of the molecule is CC1(C)O/C(=C2/C(=O)Nc3ccc(F)cc32)c2ccc(-c3ccccc3)cc21. The fourth-order valence-electron chi connectivity index (χ4n) is 3.97. The van der Waals surface area contributed by atoms with Crippen LogP contribution in [0, 0.1) is 5.82 Å². The standard InChI is InChI=1S/C24H18FNO2/c1-24(2)19-12-15(14-6-4-3-5-7-14)8-10-17(19)22(28-24)21-18-13-16(25)9-11-20(18)26-23(21)27/h3-13H,1-2H3,(H,26,27)/b22-21+. The number of amides is 1. The molecule has 0 aromatic heterocycles. The summed E-state index contributed by atoms with van der Waals surface area (Å²) in [5, 5.41) is 2.80. The monoisotopic (exact) mass is 371 g/mol. The molecule has 0 saturated carbocycles. The Morgan fingerprint density at radius 3 is 2.46 bits per heavy atom. The van der Waals surface area contributed by atoms with Gasteiger partial charge in [0.05, 0.1) is 5.57 Å². The largest absolute Gasteiger partial charge is 0.482 e. The van der Waals surface area contributed by atoms with Gasteiger partial charge in [-0.15, -0.1) is 0 Å². The van der Waals surface area contributed by atoms with Gasteiger partial charge in [0.15, 0.2) is 0 Å². The number of fused-ring (bicyclic) bond motifs is 2. The van der Waals surface area contributed by atoms with Gasteiger partial charge in [0.25, 0.3) is 5.91 Å². The maximum absolute atomic E-state index is 13.8. The number of benzene rings is 3. The molecule has 3 nitrogen and oxygen atoms in total. The van der Waals surface area contributed by atoms with Crippen molar-refractivity contribution in [3.8, 4) is 11.1 Å². The van der Waals surface area contributed by atoms with Crippen LogP contribution in [0.5, 0.6) is 0 Å². The maximum atomic E-state index is 13.8. The number of carbonyl (C=O) groups is 1. The van der Waals surface area contributed by atoms with Gasteiger partial charge in [-0.25, -0.2) is 4.39 Å². The van der Waals surface area contributed by atoms with Crippen molar-refractivity contribution < 1.29 is 13.9 Å². The Morgan fingerprint density at radius 1 is 0.893 bits per heavy atom. The molecule has 0 bridgehead atoms. The van der Waals surface area contributed by atoms with Gasteiger partial charge in [0.1, 0.15) is 17.2 Å². The van der Waals surface area contributed by atoms with Crippen molar-refractivity contribution in [1.82, 2.24) is 0 Å². The fourth-order valence-corrected chi connectivity index (χ4v) is 3.97. The fraction of sp³-hybridized carbons (Fsp3) is 0.125. The van der Waals surface area contributed by atoms with Crippen LogP contribution < -0.4 is 5.32 Å². The third-order valence-corrected chi connectivity index (χ3v) is 5.33. The highest BCUT2D eigenvalue weighted by Crippen LogP contribution is 2.49. The Balaban J connectivity index is 1.72. The van der Waals surface area contributed by atoms with E-state index in [0.717, 1.165) is 22.3 Å². The number of hydrogen-bond acceptors (Lipinski definition) is 2. The summed E-state index contributed by atoms with van der Waals surface area (Å²) in [6.45, 7) is 3.96. The lowest BCUT2D eigenvalue weighted by atomic mass is 9.90. The van der Waals surface area contributed by atoms with Crippen LogP contribution in [0.25, 0.3) is 22.5 Å². The third kappa shape index (κ3) is 2.45. The molecule has 2 aliphatic heterocycles. The highest BCUT2D eigenvalue weighted by molar-refractivity contribution is 6.36. The van der Waals surface area contributed by atoms with Gasteiger partial charge in [0.2, 0.25) is 0 Å². The first-order chi connectivity index (χ1) is 13.4. The molecule has 3 aromatic rings. The van der Waals surface area contributed by atoms with Gasteiger partial charge < -0.3 is 10.1 Å². The van der Waals surface area contributed by atoms with E-state index in [0.29, 0.717) is 22.6 Å². The minimum absolute atomic E-state index is 0.272. The number of hydrogen-bond donors (Lipinski definition) is 1. The Kier molecular flexibility index (Phi) is 3.47. The molecular weight excluding hydrogens is 353 g/mol. The Labute approximate surface area is 162 Å². The van der Waals surface area contributed by atoms with Crippen molar-refractivity contribution in [3.05, 3.63) is 89.2 Å². The Hall–Kier alpha value is -3.40. The van der Waals surface area contributed by atoms with Gasteiger partial charge in [-0.05, 0) is 49.2 Å². The van der Waals surface area contributed by atoms with Gasteiger partial charge >= 0.3 is 0 Å². The molecule has 1 N–H and O–H groups in total. The second-order valence-corrected chi connectivity index (χ2v) is 7.59. The third-order valence-electron chi connectivity index (χ3n) is 5.33. The first-order valence-electron chi connectivity index (χ1n) is 9.19. The van der Waals surface area contributed by atoms with Crippen LogP contribution >= 0.6 is 0 Å². The molecule has 4 heteroatoms. The molecular formula is C24H18FNO2. The van der Waals surface area contributed by atoms with Crippen LogP contribution in [0.15, 0.2) is 66.7 Å². The van der Waals surface area contributed by atoms with Gasteiger partial charge in [-0.1, -0.05) is 42.5 Å². The summed E-state index contributed by atoms with van der Waals surface area (Å²) in [4.78, 5) is 12.7. The minimum atomic E-state index is -0.598. The average molecular weight is 371 g/mol. The van der Waals surface area contributed by atoms with Crippen LogP contribution in [0.3, 0.4) is 0 Å². The van der Waals surface area contributed by atoms with E-state index in [1.807, 2.05) is 44.2 Å². The van der Waals surface area contributed by atoms with Crippen LogP contribution in [0.1, 0.15) is 30.5 Å². The molecule has 138 valence electrons. The van der Waals surface area contributed by atoms with Gasteiger partial charge in [0, 0.05) is 22.4 Å². The highest BCUT2D eigenvalue weighted by atomic mass is 19.1. The Morgan fingerprint density at radius 2 is 1.68 bits per heavy atom. The van der Waals surface area contributed by atoms with Crippen molar-refractivity contribution >= 4 is 22.9 Å². The highest BCUT2D eigenvalue weighted by Gasteiger charge is 2.40. The number of nitrogens with one attached hydrogen (secondary N) is 1. The second-order valence-electron chi connectivity index (χ2n) is 7.59. The summed E-state index contributed by atoms with van der Waals surface area (Å²) in [5.74, 6) is -0.155. The number of ether oxygens (including phenoxy) is 1. The first-order valence-corrected chi connectivity index (χ1v) is 9.19. The molecule has 1 amide bonds. The number of halogens is 1. The van der Waals surface area contributed by atoms with E-state index in [9.17, 15) is 9.18 Å². The van der Waals surface area contributed by atoms with Crippen molar-refractivity contribution in [3.63, 3.8) is 0 Å². The van der Waals surface area contributed by atoms with Crippen molar-refractivity contribution in [2.24, 2.45) is 0 Å². The molecule has 3 aromatic carbocycles. The zero-order valence-electron chi connectivity index (χ0n) is 15.5. The maximum Gasteiger partial charge on any atom is 0.260 e. The summed E-state index contributed by atoms with van der Waals surface area (Å²) in [6.07, 6.45) is 0. The lowest BCUT2D eigenvalue weighted by Gasteiger charge is -2.20. The van der Waals surface area contributed by atoms with E-state index < -0.39 is 5.60 Å². The van der Waals surface area contributed by atoms with Crippen LogP contribution in [-0.2, 0) is 15.1 Å². The molecule has 28 heavy (non-hydrogen) atoms. The van der Waals surface area contributed by atoms with Crippen molar-refractivity contribution in [2.45, 2.75) is 19.4 Å². The lowest BCUT2D eigenvalue weighted by Crippen LogP contribution is -2.15. The molecule has 0 atom stereocenters. The predicted octanol–water partition coefficient (Wildman–Crippen LogP) is 5.58. The molecule has 2 aliphatic rings. The van der Waals surface area contributed by atoms with E-state index in [1.165, 1.54) is 12.1 Å². The molecule has 5 rings (SSSR count). The number of rotatable bonds is 1. The molecule has 0 saturated heterocycles. The normalized spacial score (nSPS) is 19.0. The predicted molar refractivity (Wildman–Crippen MR) is 108 cm³/mol. The molecule has 0 aliphatic carbocycles. The van der Waals surface area contributed by atoms with E-state index in [-0.39, 0.29) is 11.7 Å². The molecule has 0 fully saturated rings. The summed E-state index contributed by atoms with van der Waals surface area (Å²) in [5.41, 5.74) is 5.01.